The molecule has 19 heavy (non-hydrogen) atoms. The summed E-state index contributed by atoms with van der Waals surface area (Å²) in [6, 6.07) is 11.3. The predicted molar refractivity (Wildman–Crippen MR) is 74.0 cm³/mol. The first-order chi connectivity index (χ1) is 9.29. The molecule has 1 heterocycles. The summed E-state index contributed by atoms with van der Waals surface area (Å²) in [5.41, 5.74) is 1.25. The van der Waals surface area contributed by atoms with Gasteiger partial charge < -0.3 is 9.64 Å². The zero-order valence-corrected chi connectivity index (χ0v) is 11.5. The first-order valence-electron chi connectivity index (χ1n) is 6.89. The van der Waals surface area contributed by atoms with Crippen molar-refractivity contribution in [2.75, 3.05) is 39.3 Å². The number of amides is 1. The predicted octanol–water partition coefficient (Wildman–Crippen LogP) is 1.80. The van der Waals surface area contributed by atoms with Gasteiger partial charge in [0.2, 0.25) is 0 Å². The van der Waals surface area contributed by atoms with Crippen LogP contribution in [-0.4, -0.2) is 55.2 Å². The third kappa shape index (κ3) is 4.24. The van der Waals surface area contributed by atoms with E-state index < -0.39 is 0 Å². The standard InChI is InChI=1S/C15H21N2O2/c1-2-19-15(18)17-12-10-16(11-13-17)9-8-14-6-4-3-5-7-14/h3-6H,2,8-13H2,1H3. The van der Waals surface area contributed by atoms with E-state index in [0.717, 1.165) is 39.1 Å². The van der Waals surface area contributed by atoms with Crippen LogP contribution >= 0.6 is 0 Å². The van der Waals surface area contributed by atoms with Crippen molar-refractivity contribution in [1.82, 2.24) is 9.80 Å². The molecule has 0 N–H and O–H groups in total. The van der Waals surface area contributed by atoms with Crippen molar-refractivity contribution < 1.29 is 9.53 Å². The molecule has 0 spiro atoms. The molecule has 0 atom stereocenters. The Bertz CT molecular complexity index is 386. The molecule has 1 aromatic rings. The number of carbonyl (C=O) groups excluding carboxylic acids is 1. The van der Waals surface area contributed by atoms with E-state index in [1.807, 2.05) is 25.1 Å². The highest BCUT2D eigenvalue weighted by molar-refractivity contribution is 5.67. The van der Waals surface area contributed by atoms with Gasteiger partial charge in [-0.1, -0.05) is 24.3 Å². The average molecular weight is 261 g/mol. The molecular formula is C15H21N2O2. The fourth-order valence-electron chi connectivity index (χ4n) is 2.23. The van der Waals surface area contributed by atoms with Crippen molar-refractivity contribution in [1.29, 1.82) is 0 Å². The third-order valence-electron chi connectivity index (χ3n) is 3.37. The molecule has 1 saturated heterocycles. The second-order valence-corrected chi connectivity index (χ2v) is 4.67. The summed E-state index contributed by atoms with van der Waals surface area (Å²) in [4.78, 5) is 15.7. The number of hydrogen-bond acceptors (Lipinski definition) is 3. The number of carbonyl (C=O) groups is 1. The molecule has 0 unspecified atom stereocenters. The van der Waals surface area contributed by atoms with Crippen molar-refractivity contribution in [3.8, 4) is 0 Å². The van der Waals surface area contributed by atoms with E-state index in [4.69, 9.17) is 4.74 Å². The van der Waals surface area contributed by atoms with E-state index >= 15 is 0 Å². The van der Waals surface area contributed by atoms with E-state index in [2.05, 4.69) is 17.0 Å². The number of nitrogens with zero attached hydrogens (tertiary/aromatic N) is 2. The molecule has 103 valence electrons. The zero-order valence-electron chi connectivity index (χ0n) is 11.5. The molecule has 0 aromatic heterocycles. The minimum atomic E-state index is -0.182. The summed E-state index contributed by atoms with van der Waals surface area (Å²) in [5, 5.41) is 0. The number of ether oxygens (including phenoxy) is 1. The smallest absolute Gasteiger partial charge is 0.409 e. The van der Waals surface area contributed by atoms with Gasteiger partial charge in [0.15, 0.2) is 0 Å². The van der Waals surface area contributed by atoms with Gasteiger partial charge in [-0.3, -0.25) is 4.90 Å². The van der Waals surface area contributed by atoms with Crippen molar-refractivity contribution in [3.63, 3.8) is 0 Å². The molecule has 4 heteroatoms. The Morgan fingerprint density at radius 2 is 2.11 bits per heavy atom. The van der Waals surface area contributed by atoms with E-state index in [0.29, 0.717) is 6.61 Å². The summed E-state index contributed by atoms with van der Waals surface area (Å²) >= 11 is 0. The monoisotopic (exact) mass is 261 g/mol. The first-order valence-corrected chi connectivity index (χ1v) is 6.89. The van der Waals surface area contributed by atoms with Crippen LogP contribution < -0.4 is 0 Å². The van der Waals surface area contributed by atoms with Crippen LogP contribution in [0, 0.1) is 6.07 Å². The van der Waals surface area contributed by atoms with Gasteiger partial charge in [0, 0.05) is 32.7 Å². The van der Waals surface area contributed by atoms with Gasteiger partial charge in [-0.2, -0.15) is 0 Å². The SMILES string of the molecule is CCOC(=O)N1CCN(CCc2[c]cccc2)CC1. The average Bonchev–Trinajstić information content (AvgIpc) is 2.47. The van der Waals surface area contributed by atoms with E-state index in [9.17, 15) is 4.79 Å². The third-order valence-corrected chi connectivity index (χ3v) is 3.37. The van der Waals surface area contributed by atoms with E-state index in [-0.39, 0.29) is 6.09 Å². The Morgan fingerprint density at radius 3 is 2.74 bits per heavy atom. The molecular weight excluding hydrogens is 240 g/mol. The van der Waals surface area contributed by atoms with Crippen LogP contribution in [0.4, 0.5) is 4.79 Å². The molecule has 2 rings (SSSR count). The number of benzene rings is 1. The Labute approximate surface area is 115 Å². The van der Waals surface area contributed by atoms with E-state index in [1.165, 1.54) is 5.56 Å². The fraction of sp³-hybridized carbons (Fsp3) is 0.533. The lowest BCUT2D eigenvalue weighted by molar-refractivity contribution is 0.0799. The fourth-order valence-corrected chi connectivity index (χ4v) is 2.23. The molecule has 4 nitrogen and oxygen atoms in total. The Hall–Kier alpha value is -1.55. The summed E-state index contributed by atoms with van der Waals surface area (Å²) in [6.45, 7) is 6.68. The van der Waals surface area contributed by atoms with Gasteiger partial charge in [0.1, 0.15) is 0 Å². The molecule has 0 saturated carbocycles. The lowest BCUT2D eigenvalue weighted by atomic mass is 10.1. The van der Waals surface area contributed by atoms with Crippen LogP contribution in [0.15, 0.2) is 24.3 Å². The normalized spacial score (nSPS) is 16.4. The van der Waals surface area contributed by atoms with Crippen LogP contribution in [0.3, 0.4) is 0 Å². The number of piperazine rings is 1. The van der Waals surface area contributed by atoms with Gasteiger partial charge in [-0.05, 0) is 25.0 Å². The first kappa shape index (κ1) is 13.9. The molecule has 1 aliphatic heterocycles. The topological polar surface area (TPSA) is 32.8 Å². The maximum absolute atomic E-state index is 11.6. The summed E-state index contributed by atoms with van der Waals surface area (Å²) in [6.07, 6.45) is 0.832. The molecule has 1 amide bonds. The maximum atomic E-state index is 11.6. The van der Waals surface area contributed by atoms with Crippen molar-refractivity contribution in [3.05, 3.63) is 35.9 Å². The summed E-state index contributed by atoms with van der Waals surface area (Å²) in [5.74, 6) is 0. The minimum Gasteiger partial charge on any atom is -0.450 e. The Kier molecular flexibility index (Phi) is 5.21. The number of rotatable bonds is 4. The van der Waals surface area contributed by atoms with Crippen LogP contribution in [0.25, 0.3) is 0 Å². The van der Waals surface area contributed by atoms with Crippen molar-refractivity contribution in [2.24, 2.45) is 0 Å². The van der Waals surface area contributed by atoms with Crippen LogP contribution in [0.5, 0.6) is 0 Å². The molecule has 0 bridgehead atoms. The van der Waals surface area contributed by atoms with Crippen molar-refractivity contribution >= 4 is 6.09 Å². The van der Waals surface area contributed by atoms with Crippen LogP contribution in [0.1, 0.15) is 12.5 Å². The second-order valence-electron chi connectivity index (χ2n) is 4.67. The van der Waals surface area contributed by atoms with Crippen molar-refractivity contribution in [2.45, 2.75) is 13.3 Å². The van der Waals surface area contributed by atoms with Crippen LogP contribution in [-0.2, 0) is 11.2 Å². The maximum Gasteiger partial charge on any atom is 0.409 e. The van der Waals surface area contributed by atoms with Gasteiger partial charge >= 0.3 is 6.09 Å². The Balaban J connectivity index is 1.70. The molecule has 1 aliphatic rings. The highest BCUT2D eigenvalue weighted by atomic mass is 16.6. The molecule has 1 aromatic carbocycles. The molecule has 1 radical (unpaired) electrons. The van der Waals surface area contributed by atoms with Gasteiger partial charge in [0.25, 0.3) is 0 Å². The van der Waals surface area contributed by atoms with Crippen LogP contribution in [0.2, 0.25) is 0 Å². The quantitative estimate of drug-likeness (QED) is 0.828. The second kappa shape index (κ2) is 7.14. The summed E-state index contributed by atoms with van der Waals surface area (Å²) in [7, 11) is 0. The highest BCUT2D eigenvalue weighted by Gasteiger charge is 2.21. The van der Waals surface area contributed by atoms with Gasteiger partial charge in [-0.15, -0.1) is 0 Å². The Morgan fingerprint density at radius 1 is 1.32 bits per heavy atom. The zero-order chi connectivity index (χ0) is 13.5. The highest BCUT2D eigenvalue weighted by Crippen LogP contribution is 2.06. The number of hydrogen-bond donors (Lipinski definition) is 0. The minimum absolute atomic E-state index is 0.182. The lowest BCUT2D eigenvalue weighted by Crippen LogP contribution is -2.49. The van der Waals surface area contributed by atoms with Gasteiger partial charge in [0.05, 0.1) is 6.61 Å². The lowest BCUT2D eigenvalue weighted by Gasteiger charge is -2.33. The summed E-state index contributed by atoms with van der Waals surface area (Å²) < 4.78 is 5.01. The van der Waals surface area contributed by atoms with Gasteiger partial charge in [-0.25, -0.2) is 4.79 Å². The molecule has 1 fully saturated rings. The largest absolute Gasteiger partial charge is 0.450 e. The van der Waals surface area contributed by atoms with E-state index in [1.54, 1.807) is 4.90 Å². The molecule has 0 aliphatic carbocycles.